The monoisotopic (exact) mass is 434 g/mol. The quantitative estimate of drug-likeness (QED) is 0.332. The molecular weight excluding hydrogens is 419 g/mol. The van der Waals surface area contributed by atoms with Gasteiger partial charge in [0.2, 0.25) is 0 Å². The molecule has 0 atom stereocenters. The van der Waals surface area contributed by atoms with Crippen LogP contribution in [0.25, 0.3) is 0 Å². The number of rotatable bonds is 7. The summed E-state index contributed by atoms with van der Waals surface area (Å²) in [6, 6.07) is 18.2. The van der Waals surface area contributed by atoms with E-state index in [1.165, 1.54) is 0 Å². The number of hydrazone groups is 1. The Morgan fingerprint density at radius 3 is 2.50 bits per heavy atom. The molecule has 3 aromatic rings. The predicted octanol–water partition coefficient (Wildman–Crippen LogP) is 6.68. The minimum Gasteiger partial charge on any atom is -0.493 e. The average Bonchev–Trinajstić information content (AvgIpc) is 2.68. The number of anilines is 1. The summed E-state index contributed by atoms with van der Waals surface area (Å²) in [6.07, 6.45) is 1.68. The van der Waals surface area contributed by atoms with Gasteiger partial charge in [-0.3, -0.25) is 5.43 Å². The second kappa shape index (κ2) is 9.69. The minimum absolute atomic E-state index is 0.302. The molecule has 0 fully saturated rings. The molecule has 0 heterocycles. The molecule has 3 aromatic carbocycles. The molecule has 0 amide bonds. The highest BCUT2D eigenvalue weighted by molar-refractivity contribution is 6.35. The molecule has 3 rings (SSSR count). The fraction of sp³-hybridized carbons (Fsp3) is 0.0952. The smallest absolute Gasteiger partial charge is 0.161 e. The summed E-state index contributed by atoms with van der Waals surface area (Å²) in [6.45, 7) is 0.302. The Balaban J connectivity index is 1.66. The number of nitrogens with zero attached hydrogens (tertiary/aromatic N) is 1. The van der Waals surface area contributed by atoms with Gasteiger partial charge in [0.05, 0.1) is 19.0 Å². The van der Waals surface area contributed by atoms with Crippen LogP contribution in [0, 0.1) is 0 Å². The molecule has 144 valence electrons. The van der Waals surface area contributed by atoms with E-state index in [0.29, 0.717) is 33.2 Å². The molecule has 0 saturated carbocycles. The molecule has 28 heavy (non-hydrogen) atoms. The summed E-state index contributed by atoms with van der Waals surface area (Å²) >= 11 is 18.1. The summed E-state index contributed by atoms with van der Waals surface area (Å²) in [7, 11) is 1.59. The van der Waals surface area contributed by atoms with Crippen LogP contribution in [-0.2, 0) is 6.61 Å². The van der Waals surface area contributed by atoms with Crippen molar-refractivity contribution in [2.24, 2.45) is 5.10 Å². The second-order valence-electron chi connectivity index (χ2n) is 5.82. The van der Waals surface area contributed by atoms with Crippen molar-refractivity contribution < 1.29 is 9.47 Å². The zero-order valence-electron chi connectivity index (χ0n) is 15.0. The van der Waals surface area contributed by atoms with E-state index in [1.54, 1.807) is 37.6 Å². The summed E-state index contributed by atoms with van der Waals surface area (Å²) in [5.74, 6) is 1.20. The average molecular weight is 436 g/mol. The molecule has 0 unspecified atom stereocenters. The first-order chi connectivity index (χ1) is 13.5. The largest absolute Gasteiger partial charge is 0.493 e. The van der Waals surface area contributed by atoms with Gasteiger partial charge in [-0.05, 0) is 54.1 Å². The van der Waals surface area contributed by atoms with Crippen LogP contribution in [0.5, 0.6) is 11.5 Å². The maximum atomic E-state index is 6.18. The molecule has 0 spiro atoms. The highest BCUT2D eigenvalue weighted by Crippen LogP contribution is 2.30. The SMILES string of the molecule is COc1cc(C=NNc2cccc(Cl)c2)ccc1OCc1ccc(Cl)cc1Cl. The molecule has 0 aliphatic carbocycles. The van der Waals surface area contributed by atoms with Crippen LogP contribution < -0.4 is 14.9 Å². The summed E-state index contributed by atoms with van der Waals surface area (Å²) in [5, 5.41) is 6.00. The van der Waals surface area contributed by atoms with Crippen LogP contribution in [0.1, 0.15) is 11.1 Å². The zero-order valence-corrected chi connectivity index (χ0v) is 17.2. The minimum atomic E-state index is 0.302. The molecular formula is C21H17Cl3N2O2. The third kappa shape index (κ3) is 5.55. The maximum absolute atomic E-state index is 6.18. The lowest BCUT2D eigenvalue weighted by Gasteiger charge is -2.12. The van der Waals surface area contributed by atoms with Crippen molar-refractivity contribution in [1.82, 2.24) is 0 Å². The van der Waals surface area contributed by atoms with Crippen LogP contribution in [0.2, 0.25) is 15.1 Å². The number of halogens is 3. The lowest BCUT2D eigenvalue weighted by molar-refractivity contribution is 0.284. The van der Waals surface area contributed by atoms with Crippen LogP contribution >= 0.6 is 34.8 Å². The lowest BCUT2D eigenvalue weighted by Crippen LogP contribution is -1.99. The van der Waals surface area contributed by atoms with Gasteiger partial charge in [-0.25, -0.2) is 0 Å². The molecule has 1 N–H and O–H groups in total. The molecule has 0 aliphatic rings. The highest BCUT2D eigenvalue weighted by Gasteiger charge is 2.08. The fourth-order valence-corrected chi connectivity index (χ4v) is 3.07. The number of methoxy groups -OCH3 is 1. The van der Waals surface area contributed by atoms with Crippen LogP contribution in [0.15, 0.2) is 65.8 Å². The van der Waals surface area contributed by atoms with E-state index in [2.05, 4.69) is 10.5 Å². The molecule has 0 aliphatic heterocycles. The summed E-state index contributed by atoms with van der Waals surface area (Å²) < 4.78 is 11.3. The van der Waals surface area contributed by atoms with E-state index < -0.39 is 0 Å². The van der Waals surface area contributed by atoms with Gasteiger partial charge >= 0.3 is 0 Å². The Bertz CT molecular complexity index is 993. The number of ether oxygens (including phenoxy) is 2. The number of hydrogen-bond donors (Lipinski definition) is 1. The van der Waals surface area contributed by atoms with Crippen molar-refractivity contribution >= 4 is 46.7 Å². The van der Waals surface area contributed by atoms with Crippen molar-refractivity contribution in [3.63, 3.8) is 0 Å². The van der Waals surface area contributed by atoms with Crippen molar-refractivity contribution in [1.29, 1.82) is 0 Å². The Morgan fingerprint density at radius 1 is 0.929 bits per heavy atom. The third-order valence-corrected chi connectivity index (χ3v) is 4.64. The number of benzene rings is 3. The zero-order chi connectivity index (χ0) is 19.9. The van der Waals surface area contributed by atoms with Crippen molar-refractivity contribution in [3.05, 3.63) is 86.9 Å². The Morgan fingerprint density at radius 2 is 1.75 bits per heavy atom. The van der Waals surface area contributed by atoms with Gasteiger partial charge in [0.1, 0.15) is 6.61 Å². The Labute approximate surface area is 178 Å². The van der Waals surface area contributed by atoms with Gasteiger partial charge in [0.25, 0.3) is 0 Å². The van der Waals surface area contributed by atoms with Gasteiger partial charge in [-0.2, -0.15) is 5.10 Å². The van der Waals surface area contributed by atoms with Crippen molar-refractivity contribution in [2.75, 3.05) is 12.5 Å². The Hall–Kier alpha value is -2.40. The van der Waals surface area contributed by atoms with E-state index in [-0.39, 0.29) is 0 Å². The van der Waals surface area contributed by atoms with Gasteiger partial charge in [0.15, 0.2) is 11.5 Å². The standard InChI is InChI=1S/C21H17Cl3N2O2/c1-27-21-9-14(12-25-26-18-4-2-3-16(22)10-18)5-8-20(21)28-13-15-6-7-17(23)11-19(15)24/h2-12,26H,13H2,1H3. The first-order valence-corrected chi connectivity index (χ1v) is 9.48. The summed E-state index contributed by atoms with van der Waals surface area (Å²) in [5.41, 5.74) is 5.42. The third-order valence-electron chi connectivity index (χ3n) is 3.82. The topological polar surface area (TPSA) is 42.8 Å². The molecule has 0 bridgehead atoms. The number of nitrogens with one attached hydrogen (secondary N) is 1. The lowest BCUT2D eigenvalue weighted by atomic mass is 10.2. The van der Waals surface area contributed by atoms with Crippen LogP contribution in [0.4, 0.5) is 5.69 Å². The van der Waals surface area contributed by atoms with Gasteiger partial charge in [-0.1, -0.05) is 46.9 Å². The highest BCUT2D eigenvalue weighted by atomic mass is 35.5. The second-order valence-corrected chi connectivity index (χ2v) is 7.10. The van der Waals surface area contributed by atoms with E-state index in [9.17, 15) is 0 Å². The molecule has 4 nitrogen and oxygen atoms in total. The molecule has 0 aromatic heterocycles. The van der Waals surface area contributed by atoms with Crippen molar-refractivity contribution in [2.45, 2.75) is 6.61 Å². The normalized spacial score (nSPS) is 10.9. The van der Waals surface area contributed by atoms with Gasteiger partial charge < -0.3 is 9.47 Å². The fourth-order valence-electron chi connectivity index (χ4n) is 2.42. The Kier molecular flexibility index (Phi) is 7.04. The first-order valence-electron chi connectivity index (χ1n) is 8.34. The molecule has 0 radical (unpaired) electrons. The van der Waals surface area contributed by atoms with E-state index in [0.717, 1.165) is 16.8 Å². The van der Waals surface area contributed by atoms with Gasteiger partial charge in [-0.15, -0.1) is 0 Å². The molecule has 7 heteroatoms. The first kappa shape index (κ1) is 20.3. The van der Waals surface area contributed by atoms with Crippen LogP contribution in [-0.4, -0.2) is 13.3 Å². The predicted molar refractivity (Wildman–Crippen MR) is 116 cm³/mol. The number of hydrogen-bond acceptors (Lipinski definition) is 4. The van der Waals surface area contributed by atoms with E-state index in [1.807, 2.05) is 36.4 Å². The maximum Gasteiger partial charge on any atom is 0.161 e. The van der Waals surface area contributed by atoms with Crippen LogP contribution in [0.3, 0.4) is 0 Å². The molecule has 0 saturated heterocycles. The van der Waals surface area contributed by atoms with E-state index in [4.69, 9.17) is 44.3 Å². The summed E-state index contributed by atoms with van der Waals surface area (Å²) in [4.78, 5) is 0. The van der Waals surface area contributed by atoms with Crippen molar-refractivity contribution in [3.8, 4) is 11.5 Å². The van der Waals surface area contributed by atoms with E-state index >= 15 is 0 Å². The van der Waals surface area contributed by atoms with Gasteiger partial charge in [0, 0.05) is 20.6 Å².